The smallest absolute Gasteiger partial charge is 0.364 e. The van der Waals surface area contributed by atoms with Crippen LogP contribution in [-0.2, 0) is 20.8 Å². The zero-order chi connectivity index (χ0) is 20.7. The van der Waals surface area contributed by atoms with Gasteiger partial charge >= 0.3 is 6.18 Å². The summed E-state index contributed by atoms with van der Waals surface area (Å²) in [5.41, 5.74) is -0.545. The van der Waals surface area contributed by atoms with Crippen LogP contribution in [0.25, 0.3) is 16.9 Å². The van der Waals surface area contributed by atoms with Crippen LogP contribution in [0.15, 0.2) is 41.7 Å². The van der Waals surface area contributed by atoms with Gasteiger partial charge in [-0.3, -0.25) is 4.40 Å². The molecule has 3 aromatic rings. The number of hydrogen-bond donors (Lipinski definition) is 1. The van der Waals surface area contributed by atoms with Crippen molar-refractivity contribution < 1.29 is 31.4 Å². The molecular weight excluding hydrogens is 399 g/mol. The summed E-state index contributed by atoms with van der Waals surface area (Å²) in [6.45, 7) is 1.46. The average molecular weight is 415 g/mol. The molecule has 2 aromatic heterocycles. The zero-order valence-corrected chi connectivity index (χ0v) is 15.6. The maximum atomic E-state index is 12.9. The highest BCUT2D eigenvalue weighted by atomic mass is 32.2. The van der Waals surface area contributed by atoms with Crippen molar-refractivity contribution in [2.24, 2.45) is 0 Å². The van der Waals surface area contributed by atoms with E-state index in [1.807, 2.05) is 0 Å². The van der Waals surface area contributed by atoms with Crippen LogP contribution in [0.2, 0.25) is 0 Å². The Morgan fingerprint density at radius 1 is 1.29 bits per heavy atom. The minimum atomic E-state index is -4.62. The fourth-order valence-electron chi connectivity index (χ4n) is 2.63. The van der Waals surface area contributed by atoms with E-state index < -0.39 is 28.0 Å². The first-order valence-electron chi connectivity index (χ1n) is 8.06. The summed E-state index contributed by atoms with van der Waals surface area (Å²) in [6, 6.07) is 4.94. The van der Waals surface area contributed by atoms with Gasteiger partial charge in [-0.2, -0.15) is 13.2 Å². The standard InChI is InChI=1S/C17H16F3N3O4S/c1-3-28(25,26)13-6-10(16(24)27-2)4-5-11(13)12-8-23-9-21-14(17(18,19)20)7-15(23)22-12/h4-9,16,24H,3H2,1-2H3. The molecule has 0 spiro atoms. The number of methoxy groups -OCH3 is 1. The molecule has 0 bridgehead atoms. The number of alkyl halides is 3. The maximum absolute atomic E-state index is 12.9. The second kappa shape index (κ2) is 7.15. The third-order valence-electron chi connectivity index (χ3n) is 4.14. The van der Waals surface area contributed by atoms with Gasteiger partial charge in [0.15, 0.2) is 16.1 Å². The second-order valence-electron chi connectivity index (χ2n) is 5.91. The first-order valence-corrected chi connectivity index (χ1v) is 9.72. The Balaban J connectivity index is 2.20. The molecule has 0 aliphatic carbocycles. The van der Waals surface area contributed by atoms with Gasteiger partial charge in [-0.1, -0.05) is 19.1 Å². The SMILES string of the molecule is CCS(=O)(=O)c1cc(C(O)OC)ccc1-c1cn2cnc(C(F)(F)F)cc2n1. The second-order valence-corrected chi connectivity index (χ2v) is 8.16. The van der Waals surface area contributed by atoms with E-state index in [0.717, 1.165) is 12.4 Å². The van der Waals surface area contributed by atoms with Crippen molar-refractivity contribution in [1.29, 1.82) is 0 Å². The van der Waals surface area contributed by atoms with E-state index in [-0.39, 0.29) is 33.1 Å². The number of rotatable bonds is 5. The summed E-state index contributed by atoms with van der Waals surface area (Å²) in [5, 5.41) is 9.82. The molecule has 11 heteroatoms. The Labute approximate surface area is 158 Å². The third kappa shape index (κ3) is 3.73. The Morgan fingerprint density at radius 2 is 2.00 bits per heavy atom. The number of hydrogen-bond acceptors (Lipinski definition) is 6. The molecule has 7 nitrogen and oxygen atoms in total. The Hall–Kier alpha value is -2.50. The molecule has 0 aliphatic heterocycles. The molecule has 3 rings (SSSR count). The lowest BCUT2D eigenvalue weighted by molar-refractivity contribution is -0.141. The molecule has 0 amide bonds. The zero-order valence-electron chi connectivity index (χ0n) is 14.8. The lowest BCUT2D eigenvalue weighted by Crippen LogP contribution is -2.08. The number of aromatic nitrogens is 3. The van der Waals surface area contributed by atoms with Crippen molar-refractivity contribution in [2.45, 2.75) is 24.3 Å². The van der Waals surface area contributed by atoms with Gasteiger partial charge in [-0.15, -0.1) is 0 Å². The van der Waals surface area contributed by atoms with E-state index in [2.05, 4.69) is 9.97 Å². The van der Waals surface area contributed by atoms with E-state index in [1.165, 1.54) is 42.8 Å². The number of fused-ring (bicyclic) bond motifs is 1. The van der Waals surface area contributed by atoms with Gasteiger partial charge in [-0.25, -0.2) is 18.4 Å². The van der Waals surface area contributed by atoms with E-state index in [4.69, 9.17) is 4.74 Å². The molecule has 0 aliphatic rings. The van der Waals surface area contributed by atoms with Crippen molar-refractivity contribution in [2.75, 3.05) is 12.9 Å². The molecular formula is C17H16F3N3O4S. The summed E-state index contributed by atoms with van der Waals surface area (Å²) in [4.78, 5) is 7.38. The fraction of sp³-hybridized carbons (Fsp3) is 0.294. The van der Waals surface area contributed by atoms with Gasteiger partial charge in [0.25, 0.3) is 0 Å². The lowest BCUT2D eigenvalue weighted by Gasteiger charge is -2.13. The first kappa shape index (κ1) is 20.2. The van der Waals surface area contributed by atoms with Gasteiger partial charge < -0.3 is 9.84 Å². The minimum absolute atomic E-state index is 0.0295. The van der Waals surface area contributed by atoms with Crippen LogP contribution in [0.5, 0.6) is 0 Å². The Bertz CT molecular complexity index is 1130. The van der Waals surface area contributed by atoms with Crippen molar-refractivity contribution >= 4 is 15.5 Å². The molecule has 0 saturated carbocycles. The number of sulfone groups is 1. The molecule has 1 unspecified atom stereocenters. The van der Waals surface area contributed by atoms with Crippen LogP contribution in [0.1, 0.15) is 24.5 Å². The molecule has 2 heterocycles. The van der Waals surface area contributed by atoms with Crippen LogP contribution in [0, 0.1) is 0 Å². The van der Waals surface area contributed by atoms with Gasteiger partial charge in [0.1, 0.15) is 17.7 Å². The third-order valence-corrected chi connectivity index (χ3v) is 5.91. The van der Waals surface area contributed by atoms with Crippen molar-refractivity contribution in [3.05, 3.63) is 48.0 Å². The number of ether oxygens (including phenoxy) is 1. The number of nitrogens with zero attached hydrogens (tertiary/aromatic N) is 3. The normalized spacial score (nSPS) is 13.8. The summed E-state index contributed by atoms with van der Waals surface area (Å²) in [6.07, 6.45) is -3.59. The highest BCUT2D eigenvalue weighted by Crippen LogP contribution is 2.32. The van der Waals surface area contributed by atoms with E-state index in [0.29, 0.717) is 0 Å². The number of aliphatic hydroxyl groups is 1. The number of imidazole rings is 1. The highest BCUT2D eigenvalue weighted by molar-refractivity contribution is 7.91. The van der Waals surface area contributed by atoms with Crippen molar-refractivity contribution in [1.82, 2.24) is 14.4 Å². The summed E-state index contributed by atoms with van der Waals surface area (Å²) in [5.74, 6) is -0.209. The topological polar surface area (TPSA) is 93.8 Å². The number of benzene rings is 1. The van der Waals surface area contributed by atoms with Gasteiger partial charge in [-0.05, 0) is 6.07 Å². The number of aliphatic hydroxyl groups excluding tert-OH is 1. The van der Waals surface area contributed by atoms with Crippen LogP contribution >= 0.6 is 0 Å². The Morgan fingerprint density at radius 3 is 2.61 bits per heavy atom. The van der Waals surface area contributed by atoms with E-state index in [1.54, 1.807) is 0 Å². The van der Waals surface area contributed by atoms with Crippen molar-refractivity contribution in [3.8, 4) is 11.3 Å². The summed E-state index contributed by atoms with van der Waals surface area (Å²) < 4.78 is 69.7. The monoisotopic (exact) mass is 415 g/mol. The first-order chi connectivity index (χ1) is 13.1. The van der Waals surface area contributed by atoms with E-state index in [9.17, 15) is 26.7 Å². The molecule has 150 valence electrons. The molecule has 1 aromatic carbocycles. The van der Waals surface area contributed by atoms with Crippen LogP contribution in [0.4, 0.5) is 13.2 Å². The van der Waals surface area contributed by atoms with Gasteiger partial charge in [0.05, 0.1) is 16.3 Å². The predicted octanol–water partition coefficient (Wildman–Crippen LogP) is 2.85. The largest absolute Gasteiger partial charge is 0.433 e. The molecule has 0 radical (unpaired) electrons. The van der Waals surface area contributed by atoms with Crippen LogP contribution < -0.4 is 0 Å². The average Bonchev–Trinajstić information content (AvgIpc) is 3.09. The Kier molecular flexibility index (Phi) is 5.17. The van der Waals surface area contributed by atoms with E-state index >= 15 is 0 Å². The minimum Gasteiger partial charge on any atom is -0.364 e. The lowest BCUT2D eigenvalue weighted by atomic mass is 10.1. The van der Waals surface area contributed by atoms with Crippen molar-refractivity contribution in [3.63, 3.8) is 0 Å². The summed E-state index contributed by atoms with van der Waals surface area (Å²) >= 11 is 0. The maximum Gasteiger partial charge on any atom is 0.433 e. The summed E-state index contributed by atoms with van der Waals surface area (Å²) in [7, 11) is -2.46. The molecule has 28 heavy (non-hydrogen) atoms. The number of halogens is 3. The van der Waals surface area contributed by atoms with Gasteiger partial charge in [0.2, 0.25) is 0 Å². The van der Waals surface area contributed by atoms with Crippen LogP contribution in [0.3, 0.4) is 0 Å². The van der Waals surface area contributed by atoms with Crippen LogP contribution in [-0.4, -0.2) is 40.8 Å². The molecule has 0 saturated heterocycles. The van der Waals surface area contributed by atoms with Gasteiger partial charge in [0, 0.05) is 30.5 Å². The highest BCUT2D eigenvalue weighted by Gasteiger charge is 2.33. The molecule has 0 fully saturated rings. The molecule has 1 N–H and O–H groups in total. The predicted molar refractivity (Wildman–Crippen MR) is 93.1 cm³/mol. The fourth-order valence-corrected chi connectivity index (χ4v) is 3.76. The quantitative estimate of drug-likeness (QED) is 0.644. The molecule has 1 atom stereocenters.